The molecule has 1 saturated heterocycles. The summed E-state index contributed by atoms with van der Waals surface area (Å²) >= 11 is 1.92. The monoisotopic (exact) mass is 238 g/mol. The zero-order valence-electron chi connectivity index (χ0n) is 8.77. The number of thioether (sulfide) groups is 1. The van der Waals surface area contributed by atoms with Gasteiger partial charge in [0.2, 0.25) is 0 Å². The van der Waals surface area contributed by atoms with E-state index < -0.39 is 5.97 Å². The topological polar surface area (TPSA) is 75.4 Å². The molecule has 4 nitrogen and oxygen atoms in total. The largest absolute Gasteiger partial charge is 0.478 e. The summed E-state index contributed by atoms with van der Waals surface area (Å²) in [6, 6.07) is 5.25. The minimum absolute atomic E-state index is 0.226. The fraction of sp³-hybridized carbons (Fsp3) is 0.364. The zero-order chi connectivity index (χ0) is 11.5. The van der Waals surface area contributed by atoms with Crippen LogP contribution >= 0.6 is 11.8 Å². The summed E-state index contributed by atoms with van der Waals surface area (Å²) < 4.78 is 0. The van der Waals surface area contributed by atoms with E-state index >= 15 is 0 Å². The van der Waals surface area contributed by atoms with Gasteiger partial charge in [-0.1, -0.05) is 0 Å². The highest BCUT2D eigenvalue weighted by molar-refractivity contribution is 7.99. The number of nitrogens with one attached hydrogen (secondary N) is 1. The summed E-state index contributed by atoms with van der Waals surface area (Å²) in [6.07, 6.45) is 1.13. The van der Waals surface area contributed by atoms with Crippen molar-refractivity contribution in [2.45, 2.75) is 12.5 Å². The minimum atomic E-state index is -0.949. The number of rotatable bonds is 3. The quantitative estimate of drug-likeness (QED) is 0.701. The number of carbonyl (C=O) groups is 1. The average molecular weight is 238 g/mol. The smallest absolute Gasteiger partial charge is 0.335 e. The summed E-state index contributed by atoms with van der Waals surface area (Å²) in [5.74, 6) is 1.31. The van der Waals surface area contributed by atoms with Gasteiger partial charge in [-0.05, 0) is 30.4 Å². The molecule has 0 amide bonds. The molecule has 1 aliphatic heterocycles. The van der Waals surface area contributed by atoms with Gasteiger partial charge >= 0.3 is 5.97 Å². The molecular formula is C11H14N2O2S. The van der Waals surface area contributed by atoms with Gasteiger partial charge in [-0.2, -0.15) is 11.8 Å². The Labute approximate surface area is 98.2 Å². The highest BCUT2D eigenvalue weighted by Crippen LogP contribution is 2.25. The van der Waals surface area contributed by atoms with E-state index in [1.807, 2.05) is 11.8 Å². The van der Waals surface area contributed by atoms with E-state index in [0.29, 0.717) is 11.7 Å². The Balaban J connectivity index is 2.12. The Morgan fingerprint density at radius 2 is 2.38 bits per heavy atom. The van der Waals surface area contributed by atoms with Crippen molar-refractivity contribution in [1.82, 2.24) is 0 Å². The number of anilines is 2. The second kappa shape index (κ2) is 4.65. The number of aromatic carboxylic acids is 1. The third-order valence-corrected chi connectivity index (χ3v) is 3.75. The Morgan fingerprint density at radius 1 is 1.56 bits per heavy atom. The molecule has 0 bridgehead atoms. The Kier molecular flexibility index (Phi) is 3.24. The van der Waals surface area contributed by atoms with Crippen LogP contribution in [0.2, 0.25) is 0 Å². The first-order valence-corrected chi connectivity index (χ1v) is 6.29. The maximum atomic E-state index is 10.7. The molecule has 1 fully saturated rings. The molecule has 5 heteroatoms. The third kappa shape index (κ3) is 2.41. The maximum absolute atomic E-state index is 10.7. The standard InChI is InChI=1S/C11H14N2O2S/c12-9-5-7(11(14)15)1-2-10(9)13-8-3-4-16-6-8/h1-2,5,8,13H,3-4,6,12H2,(H,14,15). The van der Waals surface area contributed by atoms with Crippen molar-refractivity contribution in [3.63, 3.8) is 0 Å². The first-order chi connectivity index (χ1) is 7.66. The van der Waals surface area contributed by atoms with Gasteiger partial charge < -0.3 is 16.2 Å². The molecule has 86 valence electrons. The maximum Gasteiger partial charge on any atom is 0.335 e. The molecule has 1 unspecified atom stereocenters. The van der Waals surface area contributed by atoms with Gasteiger partial charge in [0.1, 0.15) is 0 Å². The highest BCUT2D eigenvalue weighted by Gasteiger charge is 2.16. The first-order valence-electron chi connectivity index (χ1n) is 5.14. The Morgan fingerprint density at radius 3 is 2.94 bits per heavy atom. The molecule has 2 rings (SSSR count). The molecule has 16 heavy (non-hydrogen) atoms. The lowest BCUT2D eigenvalue weighted by atomic mass is 10.1. The molecule has 0 radical (unpaired) electrons. The summed E-state index contributed by atoms with van der Waals surface area (Å²) in [5, 5.41) is 12.1. The number of nitrogen functional groups attached to an aromatic ring is 1. The molecule has 1 heterocycles. The predicted octanol–water partition coefficient (Wildman–Crippen LogP) is 1.88. The van der Waals surface area contributed by atoms with E-state index in [-0.39, 0.29) is 5.56 Å². The molecule has 1 aromatic rings. The lowest BCUT2D eigenvalue weighted by molar-refractivity contribution is 0.0697. The number of hydrogen-bond acceptors (Lipinski definition) is 4. The average Bonchev–Trinajstić information content (AvgIpc) is 2.73. The van der Waals surface area contributed by atoms with Gasteiger partial charge in [0, 0.05) is 11.8 Å². The van der Waals surface area contributed by atoms with Crippen molar-refractivity contribution in [2.24, 2.45) is 0 Å². The molecule has 0 aromatic heterocycles. The zero-order valence-corrected chi connectivity index (χ0v) is 9.59. The highest BCUT2D eigenvalue weighted by atomic mass is 32.2. The van der Waals surface area contributed by atoms with Crippen molar-refractivity contribution in [3.8, 4) is 0 Å². The number of hydrogen-bond donors (Lipinski definition) is 3. The van der Waals surface area contributed by atoms with Gasteiger partial charge in [0.05, 0.1) is 16.9 Å². The second-order valence-electron chi connectivity index (χ2n) is 3.81. The van der Waals surface area contributed by atoms with Gasteiger partial charge in [0.15, 0.2) is 0 Å². The Bertz CT molecular complexity index is 403. The number of nitrogens with two attached hydrogens (primary N) is 1. The summed E-state index contributed by atoms with van der Waals surface area (Å²) in [5.41, 5.74) is 7.36. The molecular weight excluding hydrogens is 224 g/mol. The van der Waals surface area contributed by atoms with Crippen LogP contribution in [0, 0.1) is 0 Å². The molecule has 0 aliphatic carbocycles. The lowest BCUT2D eigenvalue weighted by Crippen LogP contribution is -2.19. The number of carboxylic acids is 1. The van der Waals surface area contributed by atoms with E-state index in [1.165, 1.54) is 11.8 Å². The molecule has 4 N–H and O–H groups in total. The fourth-order valence-corrected chi connectivity index (χ4v) is 2.85. The van der Waals surface area contributed by atoms with Crippen LogP contribution in [0.1, 0.15) is 16.8 Å². The van der Waals surface area contributed by atoms with Crippen molar-refractivity contribution in [3.05, 3.63) is 23.8 Å². The molecule has 1 aliphatic rings. The van der Waals surface area contributed by atoms with E-state index in [9.17, 15) is 4.79 Å². The Hall–Kier alpha value is -1.36. The van der Waals surface area contributed by atoms with Gasteiger partial charge in [0.25, 0.3) is 0 Å². The van der Waals surface area contributed by atoms with E-state index in [0.717, 1.165) is 17.9 Å². The molecule has 1 aromatic carbocycles. The second-order valence-corrected chi connectivity index (χ2v) is 4.96. The van der Waals surface area contributed by atoms with Crippen LogP contribution in [-0.4, -0.2) is 28.6 Å². The number of carboxylic acid groups (broad SMARTS) is 1. The van der Waals surface area contributed by atoms with Crippen LogP contribution in [0.25, 0.3) is 0 Å². The van der Waals surface area contributed by atoms with E-state index in [1.54, 1.807) is 12.1 Å². The SMILES string of the molecule is Nc1cc(C(=O)O)ccc1NC1CCSC1. The van der Waals surface area contributed by atoms with Crippen LogP contribution in [0.3, 0.4) is 0 Å². The van der Waals surface area contributed by atoms with Gasteiger partial charge in [-0.15, -0.1) is 0 Å². The van der Waals surface area contributed by atoms with Crippen molar-refractivity contribution in [2.75, 3.05) is 22.6 Å². The summed E-state index contributed by atoms with van der Waals surface area (Å²) in [6.45, 7) is 0. The molecule has 1 atom stereocenters. The summed E-state index contributed by atoms with van der Waals surface area (Å²) in [4.78, 5) is 10.7. The van der Waals surface area contributed by atoms with Crippen LogP contribution in [0.4, 0.5) is 11.4 Å². The lowest BCUT2D eigenvalue weighted by Gasteiger charge is -2.15. The first kappa shape index (κ1) is 11.1. The van der Waals surface area contributed by atoms with Gasteiger partial charge in [-0.3, -0.25) is 0 Å². The van der Waals surface area contributed by atoms with Crippen molar-refractivity contribution in [1.29, 1.82) is 0 Å². The van der Waals surface area contributed by atoms with Crippen LogP contribution in [0.15, 0.2) is 18.2 Å². The minimum Gasteiger partial charge on any atom is -0.478 e. The van der Waals surface area contributed by atoms with E-state index in [2.05, 4.69) is 5.32 Å². The summed E-state index contributed by atoms with van der Waals surface area (Å²) in [7, 11) is 0. The van der Waals surface area contributed by atoms with Gasteiger partial charge in [-0.25, -0.2) is 4.79 Å². The van der Waals surface area contributed by atoms with Crippen LogP contribution in [0.5, 0.6) is 0 Å². The third-order valence-electron chi connectivity index (χ3n) is 2.59. The van der Waals surface area contributed by atoms with Crippen molar-refractivity contribution < 1.29 is 9.90 Å². The van der Waals surface area contributed by atoms with Crippen LogP contribution < -0.4 is 11.1 Å². The van der Waals surface area contributed by atoms with E-state index in [4.69, 9.17) is 10.8 Å². The van der Waals surface area contributed by atoms with Crippen molar-refractivity contribution >= 4 is 29.1 Å². The molecule has 0 spiro atoms. The fourth-order valence-electron chi connectivity index (χ4n) is 1.70. The van der Waals surface area contributed by atoms with Crippen LogP contribution in [-0.2, 0) is 0 Å². The molecule has 0 saturated carbocycles. The normalized spacial score (nSPS) is 19.6. The number of benzene rings is 1. The predicted molar refractivity (Wildman–Crippen MR) is 67.2 cm³/mol.